The molecular weight excluding hydrogens is 164 g/mol. The highest BCUT2D eigenvalue weighted by Crippen LogP contribution is 2.39. The van der Waals surface area contributed by atoms with E-state index < -0.39 is 0 Å². The third kappa shape index (κ3) is 3.11. The van der Waals surface area contributed by atoms with Crippen molar-refractivity contribution in [3.63, 3.8) is 0 Å². The maximum atomic E-state index is 10.2. The van der Waals surface area contributed by atoms with Crippen LogP contribution in [0.5, 0.6) is 0 Å². The molecule has 76 valence electrons. The van der Waals surface area contributed by atoms with E-state index in [4.69, 9.17) is 4.74 Å². The van der Waals surface area contributed by atoms with Gasteiger partial charge in [0.15, 0.2) is 0 Å². The molecule has 0 bridgehead atoms. The van der Waals surface area contributed by atoms with Crippen LogP contribution in [0.1, 0.15) is 39.5 Å². The van der Waals surface area contributed by atoms with Gasteiger partial charge in [-0.3, -0.25) is 0 Å². The van der Waals surface area contributed by atoms with Gasteiger partial charge in [0.1, 0.15) is 6.29 Å². The number of rotatable bonds is 6. The molecule has 1 rings (SSSR count). The Morgan fingerprint density at radius 2 is 2.15 bits per heavy atom. The highest BCUT2D eigenvalue weighted by Gasteiger charge is 2.37. The van der Waals surface area contributed by atoms with Gasteiger partial charge in [-0.05, 0) is 25.2 Å². The van der Waals surface area contributed by atoms with Crippen LogP contribution in [-0.4, -0.2) is 19.5 Å². The summed E-state index contributed by atoms with van der Waals surface area (Å²) >= 11 is 0. The second kappa shape index (κ2) is 4.75. The van der Waals surface area contributed by atoms with Crippen LogP contribution in [0.4, 0.5) is 0 Å². The Morgan fingerprint density at radius 3 is 2.54 bits per heavy atom. The summed E-state index contributed by atoms with van der Waals surface area (Å²) in [5, 5.41) is 0. The Bertz CT molecular complexity index is 159. The predicted molar refractivity (Wildman–Crippen MR) is 52.6 cm³/mol. The molecule has 2 heteroatoms. The number of carbonyl (C=O) groups is 1. The average molecular weight is 184 g/mol. The summed E-state index contributed by atoms with van der Waals surface area (Å²) in [6.45, 7) is 6.31. The second-order valence-corrected chi connectivity index (χ2v) is 4.65. The summed E-state index contributed by atoms with van der Waals surface area (Å²) in [6, 6.07) is 0. The molecule has 0 aromatic carbocycles. The topological polar surface area (TPSA) is 26.3 Å². The minimum atomic E-state index is 0.414. The zero-order valence-corrected chi connectivity index (χ0v) is 8.71. The zero-order chi connectivity index (χ0) is 9.73. The van der Waals surface area contributed by atoms with E-state index >= 15 is 0 Å². The fourth-order valence-corrected chi connectivity index (χ4v) is 2.18. The van der Waals surface area contributed by atoms with Gasteiger partial charge in [0, 0.05) is 11.8 Å². The Morgan fingerprint density at radius 1 is 1.46 bits per heavy atom. The Balaban J connectivity index is 2.27. The highest BCUT2D eigenvalue weighted by atomic mass is 16.5. The summed E-state index contributed by atoms with van der Waals surface area (Å²) in [6.07, 6.45) is 5.15. The Labute approximate surface area is 80.7 Å². The molecule has 0 amide bonds. The smallest absolute Gasteiger partial charge is 0.119 e. The van der Waals surface area contributed by atoms with Crippen LogP contribution in [0.3, 0.4) is 0 Å². The van der Waals surface area contributed by atoms with Gasteiger partial charge in [-0.2, -0.15) is 0 Å². The van der Waals surface area contributed by atoms with Crippen molar-refractivity contribution in [1.82, 2.24) is 0 Å². The van der Waals surface area contributed by atoms with Crippen molar-refractivity contribution < 1.29 is 9.53 Å². The quantitative estimate of drug-likeness (QED) is 0.468. The number of hydrogen-bond donors (Lipinski definition) is 0. The first-order valence-corrected chi connectivity index (χ1v) is 5.20. The normalized spacial score (nSPS) is 19.9. The first-order chi connectivity index (χ1) is 6.18. The Hall–Kier alpha value is -0.370. The van der Waals surface area contributed by atoms with Crippen LogP contribution >= 0.6 is 0 Å². The molecule has 0 aromatic heterocycles. The lowest BCUT2D eigenvalue weighted by Crippen LogP contribution is -2.43. The second-order valence-electron chi connectivity index (χ2n) is 4.65. The van der Waals surface area contributed by atoms with Crippen molar-refractivity contribution in [1.29, 1.82) is 0 Å². The molecule has 1 heterocycles. The fourth-order valence-electron chi connectivity index (χ4n) is 2.18. The van der Waals surface area contributed by atoms with Gasteiger partial charge in [0.2, 0.25) is 0 Å². The lowest BCUT2D eigenvalue weighted by molar-refractivity contribution is -0.129. The molecule has 0 spiro atoms. The van der Waals surface area contributed by atoms with Gasteiger partial charge < -0.3 is 9.53 Å². The summed E-state index contributed by atoms with van der Waals surface area (Å²) in [4.78, 5) is 10.2. The molecule has 1 fully saturated rings. The van der Waals surface area contributed by atoms with E-state index in [-0.39, 0.29) is 0 Å². The van der Waals surface area contributed by atoms with Crippen molar-refractivity contribution in [3.8, 4) is 0 Å². The van der Waals surface area contributed by atoms with Crippen molar-refractivity contribution in [2.45, 2.75) is 39.5 Å². The number of aldehydes is 1. The standard InChI is InChI=1S/C11H20O2/c1-10(2)7-11(8-13-9-11)5-3-4-6-12/h6,10H,3-5,7-9H2,1-2H3. The average Bonchev–Trinajstić information content (AvgIpc) is 1.99. The lowest BCUT2D eigenvalue weighted by atomic mass is 9.75. The molecule has 0 atom stereocenters. The van der Waals surface area contributed by atoms with E-state index in [9.17, 15) is 4.79 Å². The third-order valence-electron chi connectivity index (χ3n) is 2.69. The van der Waals surface area contributed by atoms with Gasteiger partial charge in [-0.1, -0.05) is 13.8 Å². The van der Waals surface area contributed by atoms with Crippen LogP contribution in [0.15, 0.2) is 0 Å². The first-order valence-electron chi connectivity index (χ1n) is 5.20. The molecule has 0 radical (unpaired) electrons. The summed E-state index contributed by atoms with van der Waals surface area (Å²) in [7, 11) is 0. The van der Waals surface area contributed by atoms with Gasteiger partial charge in [-0.15, -0.1) is 0 Å². The molecular formula is C11H20O2. The van der Waals surface area contributed by atoms with E-state index in [1.165, 1.54) is 6.42 Å². The molecule has 0 unspecified atom stereocenters. The number of unbranched alkanes of at least 4 members (excludes halogenated alkanes) is 1. The zero-order valence-electron chi connectivity index (χ0n) is 8.71. The van der Waals surface area contributed by atoms with Crippen LogP contribution in [-0.2, 0) is 9.53 Å². The Kier molecular flexibility index (Phi) is 3.91. The van der Waals surface area contributed by atoms with Gasteiger partial charge in [-0.25, -0.2) is 0 Å². The van der Waals surface area contributed by atoms with E-state index in [2.05, 4.69) is 13.8 Å². The molecule has 0 saturated carbocycles. The van der Waals surface area contributed by atoms with Crippen LogP contribution < -0.4 is 0 Å². The molecule has 0 aliphatic carbocycles. The molecule has 0 N–H and O–H groups in total. The van der Waals surface area contributed by atoms with Crippen molar-refractivity contribution in [2.75, 3.05) is 13.2 Å². The van der Waals surface area contributed by atoms with Crippen molar-refractivity contribution >= 4 is 6.29 Å². The number of carbonyl (C=O) groups excluding carboxylic acids is 1. The first kappa shape index (κ1) is 10.7. The molecule has 1 saturated heterocycles. The summed E-state index contributed by atoms with van der Waals surface area (Å²) in [5.41, 5.74) is 0.414. The maximum Gasteiger partial charge on any atom is 0.119 e. The SMILES string of the molecule is CC(C)CC1(CCCC=O)COC1. The number of ether oxygens (including phenoxy) is 1. The minimum absolute atomic E-state index is 0.414. The molecule has 1 aliphatic heterocycles. The minimum Gasteiger partial charge on any atom is -0.380 e. The number of hydrogen-bond acceptors (Lipinski definition) is 2. The molecule has 2 nitrogen and oxygen atoms in total. The third-order valence-corrected chi connectivity index (χ3v) is 2.69. The maximum absolute atomic E-state index is 10.2. The lowest BCUT2D eigenvalue weighted by Gasteiger charge is -2.43. The van der Waals surface area contributed by atoms with Gasteiger partial charge >= 0.3 is 0 Å². The highest BCUT2D eigenvalue weighted by molar-refractivity contribution is 5.48. The van der Waals surface area contributed by atoms with Crippen LogP contribution in [0.25, 0.3) is 0 Å². The summed E-state index contributed by atoms with van der Waals surface area (Å²) < 4.78 is 5.28. The van der Waals surface area contributed by atoms with Crippen LogP contribution in [0.2, 0.25) is 0 Å². The molecule has 1 aliphatic rings. The largest absolute Gasteiger partial charge is 0.380 e. The van der Waals surface area contributed by atoms with Gasteiger partial charge in [0.25, 0.3) is 0 Å². The van der Waals surface area contributed by atoms with E-state index in [0.29, 0.717) is 11.8 Å². The summed E-state index contributed by atoms with van der Waals surface area (Å²) in [5.74, 6) is 0.736. The monoisotopic (exact) mass is 184 g/mol. The van der Waals surface area contributed by atoms with Gasteiger partial charge in [0.05, 0.1) is 13.2 Å². The fraction of sp³-hybridized carbons (Fsp3) is 0.909. The van der Waals surface area contributed by atoms with Crippen LogP contribution in [0, 0.1) is 11.3 Å². The van der Waals surface area contributed by atoms with E-state index in [0.717, 1.165) is 38.3 Å². The predicted octanol–water partition coefficient (Wildman–Crippen LogP) is 2.42. The van der Waals surface area contributed by atoms with Crippen molar-refractivity contribution in [2.24, 2.45) is 11.3 Å². The molecule has 0 aromatic rings. The molecule has 13 heavy (non-hydrogen) atoms. The van der Waals surface area contributed by atoms with E-state index in [1.807, 2.05) is 0 Å². The van der Waals surface area contributed by atoms with Crippen molar-refractivity contribution in [3.05, 3.63) is 0 Å². The van der Waals surface area contributed by atoms with E-state index in [1.54, 1.807) is 0 Å².